The molecule has 1 fully saturated rings. The van der Waals surface area contributed by atoms with Gasteiger partial charge < -0.3 is 9.30 Å². The number of methoxy groups -OCH3 is 1. The molecule has 162 valence electrons. The van der Waals surface area contributed by atoms with E-state index in [0.717, 1.165) is 27.7 Å². The first-order valence-corrected chi connectivity index (χ1v) is 10.2. The largest absolute Gasteiger partial charge is 0.497 e. The van der Waals surface area contributed by atoms with Crippen molar-refractivity contribution >= 4 is 40.9 Å². The number of aromatic nitrogens is 1. The van der Waals surface area contributed by atoms with Crippen molar-refractivity contribution in [1.82, 2.24) is 9.88 Å². The summed E-state index contributed by atoms with van der Waals surface area (Å²) in [6.07, 6.45) is 1.51. The molecular formula is C24H20FN3O3S. The summed E-state index contributed by atoms with van der Waals surface area (Å²) in [5.41, 5.74) is 3.22. The monoisotopic (exact) mass is 449 g/mol. The standard InChI is InChI=1S/C24H20FN3O3S/c1-14-12-16(15(2)27(14)17-8-10-18(31-3)11-9-17)13-19-22(29)26-24(32)28(23(19)30)21-7-5-4-6-20(21)25/h4-13H,1-3H3,(H,26,29,32)/b19-13+. The minimum atomic E-state index is -0.682. The second-order valence-corrected chi connectivity index (χ2v) is 7.66. The van der Waals surface area contributed by atoms with Crippen LogP contribution in [0.4, 0.5) is 10.1 Å². The Morgan fingerprint density at radius 3 is 2.41 bits per heavy atom. The average Bonchev–Trinajstić information content (AvgIpc) is 3.05. The summed E-state index contributed by atoms with van der Waals surface area (Å²) in [5.74, 6) is -1.18. The molecule has 2 heterocycles. The summed E-state index contributed by atoms with van der Waals surface area (Å²) in [7, 11) is 1.61. The van der Waals surface area contributed by atoms with Gasteiger partial charge in [0, 0.05) is 17.1 Å². The average molecular weight is 450 g/mol. The van der Waals surface area contributed by atoms with Gasteiger partial charge in [0.05, 0.1) is 12.8 Å². The van der Waals surface area contributed by atoms with Crippen LogP contribution in [-0.4, -0.2) is 28.6 Å². The number of nitrogens with one attached hydrogen (secondary N) is 1. The Hall–Kier alpha value is -3.78. The smallest absolute Gasteiger partial charge is 0.270 e. The van der Waals surface area contributed by atoms with Gasteiger partial charge in [-0.05, 0) is 80.2 Å². The van der Waals surface area contributed by atoms with Crippen LogP contribution in [0.25, 0.3) is 11.8 Å². The van der Waals surface area contributed by atoms with E-state index in [4.69, 9.17) is 17.0 Å². The fraction of sp³-hybridized carbons (Fsp3) is 0.125. The van der Waals surface area contributed by atoms with Gasteiger partial charge >= 0.3 is 0 Å². The number of anilines is 1. The zero-order valence-corrected chi connectivity index (χ0v) is 18.5. The van der Waals surface area contributed by atoms with Crippen LogP contribution in [0.1, 0.15) is 17.0 Å². The van der Waals surface area contributed by atoms with Gasteiger partial charge in [-0.15, -0.1) is 0 Å². The van der Waals surface area contributed by atoms with Crippen LogP contribution in [0.3, 0.4) is 0 Å². The molecule has 0 spiro atoms. The molecule has 1 aliphatic rings. The molecule has 0 aliphatic carbocycles. The molecule has 1 N–H and O–H groups in total. The highest BCUT2D eigenvalue weighted by atomic mass is 32.1. The zero-order valence-electron chi connectivity index (χ0n) is 17.7. The zero-order chi connectivity index (χ0) is 23.0. The highest BCUT2D eigenvalue weighted by molar-refractivity contribution is 7.80. The topological polar surface area (TPSA) is 63.6 Å². The number of ether oxygens (including phenoxy) is 1. The number of nitrogens with zero attached hydrogens (tertiary/aromatic N) is 2. The van der Waals surface area contributed by atoms with E-state index in [9.17, 15) is 14.0 Å². The van der Waals surface area contributed by atoms with Gasteiger partial charge in [-0.1, -0.05) is 12.1 Å². The van der Waals surface area contributed by atoms with E-state index in [0.29, 0.717) is 5.56 Å². The maximum atomic E-state index is 14.3. The van der Waals surface area contributed by atoms with Crippen LogP contribution >= 0.6 is 12.2 Å². The first kappa shape index (κ1) is 21.5. The summed E-state index contributed by atoms with van der Waals surface area (Å²) in [5, 5.41) is 2.32. The Morgan fingerprint density at radius 1 is 1.06 bits per heavy atom. The Morgan fingerprint density at radius 2 is 1.75 bits per heavy atom. The molecule has 0 atom stereocenters. The highest BCUT2D eigenvalue weighted by Crippen LogP contribution is 2.27. The maximum absolute atomic E-state index is 14.3. The number of thiocarbonyl (C=S) groups is 1. The van der Waals surface area contributed by atoms with E-state index in [1.54, 1.807) is 13.2 Å². The lowest BCUT2D eigenvalue weighted by molar-refractivity contribution is -0.122. The molecule has 2 amide bonds. The van der Waals surface area contributed by atoms with Crippen LogP contribution < -0.4 is 15.0 Å². The molecule has 0 bridgehead atoms. The van der Waals surface area contributed by atoms with Crippen molar-refractivity contribution in [3.63, 3.8) is 0 Å². The van der Waals surface area contributed by atoms with Crippen molar-refractivity contribution in [2.24, 2.45) is 0 Å². The van der Waals surface area contributed by atoms with Gasteiger partial charge in [-0.3, -0.25) is 14.9 Å². The van der Waals surface area contributed by atoms with E-state index in [2.05, 4.69) is 5.32 Å². The molecule has 1 saturated heterocycles. The fourth-order valence-corrected chi connectivity index (χ4v) is 4.00. The number of aryl methyl sites for hydroxylation is 1. The molecular weight excluding hydrogens is 429 g/mol. The van der Waals surface area contributed by atoms with E-state index in [1.165, 1.54) is 24.3 Å². The van der Waals surface area contributed by atoms with Crippen molar-refractivity contribution in [2.75, 3.05) is 12.0 Å². The minimum absolute atomic E-state index is 0.0166. The lowest BCUT2D eigenvalue weighted by Gasteiger charge is -2.29. The number of carbonyl (C=O) groups excluding carboxylic acids is 2. The molecule has 0 radical (unpaired) electrons. The molecule has 32 heavy (non-hydrogen) atoms. The maximum Gasteiger partial charge on any atom is 0.270 e. The van der Waals surface area contributed by atoms with Crippen LogP contribution in [0.2, 0.25) is 0 Å². The number of amides is 2. The summed E-state index contributed by atoms with van der Waals surface area (Å²) < 4.78 is 21.6. The summed E-state index contributed by atoms with van der Waals surface area (Å²) >= 11 is 5.14. The van der Waals surface area contributed by atoms with Crippen molar-refractivity contribution in [1.29, 1.82) is 0 Å². The van der Waals surface area contributed by atoms with Gasteiger partial charge in [0.25, 0.3) is 11.8 Å². The number of para-hydroxylation sites is 1. The van der Waals surface area contributed by atoms with Gasteiger partial charge in [0.2, 0.25) is 0 Å². The van der Waals surface area contributed by atoms with Crippen molar-refractivity contribution in [3.05, 3.63) is 82.9 Å². The molecule has 8 heteroatoms. The number of benzene rings is 2. The summed E-state index contributed by atoms with van der Waals surface area (Å²) in [6, 6.07) is 15.2. The molecule has 6 nitrogen and oxygen atoms in total. The molecule has 0 unspecified atom stereocenters. The second kappa shape index (κ2) is 8.39. The Labute approximate surface area is 189 Å². The Kier molecular flexibility index (Phi) is 5.63. The fourth-order valence-electron chi connectivity index (χ4n) is 3.73. The summed E-state index contributed by atoms with van der Waals surface area (Å²) in [6.45, 7) is 3.83. The van der Waals surface area contributed by atoms with E-state index in [-0.39, 0.29) is 16.4 Å². The number of hydrogen-bond acceptors (Lipinski definition) is 4. The first-order chi connectivity index (χ1) is 15.3. The Balaban J connectivity index is 1.76. The van der Waals surface area contributed by atoms with Crippen LogP contribution in [0, 0.1) is 19.7 Å². The molecule has 1 aromatic heterocycles. The predicted molar refractivity (Wildman–Crippen MR) is 124 cm³/mol. The van der Waals surface area contributed by atoms with Gasteiger partial charge in [-0.2, -0.15) is 0 Å². The normalized spacial score (nSPS) is 15.3. The predicted octanol–water partition coefficient (Wildman–Crippen LogP) is 4.07. The third-order valence-electron chi connectivity index (χ3n) is 5.30. The molecule has 1 aliphatic heterocycles. The van der Waals surface area contributed by atoms with Crippen LogP contribution in [0.15, 0.2) is 60.2 Å². The number of rotatable bonds is 4. The van der Waals surface area contributed by atoms with Crippen LogP contribution in [0.5, 0.6) is 5.75 Å². The lowest BCUT2D eigenvalue weighted by Crippen LogP contribution is -2.54. The van der Waals surface area contributed by atoms with Crippen molar-refractivity contribution < 1.29 is 18.7 Å². The number of hydrogen-bond donors (Lipinski definition) is 1. The van der Waals surface area contributed by atoms with E-state index < -0.39 is 17.6 Å². The molecule has 4 rings (SSSR count). The highest BCUT2D eigenvalue weighted by Gasteiger charge is 2.35. The molecule has 0 saturated carbocycles. The first-order valence-electron chi connectivity index (χ1n) is 9.81. The van der Waals surface area contributed by atoms with Gasteiger partial charge in [0.15, 0.2) is 5.11 Å². The van der Waals surface area contributed by atoms with Gasteiger partial charge in [0.1, 0.15) is 17.1 Å². The van der Waals surface area contributed by atoms with Crippen molar-refractivity contribution in [2.45, 2.75) is 13.8 Å². The molecule has 2 aromatic carbocycles. The van der Waals surface area contributed by atoms with E-state index >= 15 is 0 Å². The quantitative estimate of drug-likeness (QED) is 0.371. The van der Waals surface area contributed by atoms with Crippen molar-refractivity contribution in [3.8, 4) is 11.4 Å². The Bertz CT molecular complexity index is 1280. The van der Waals surface area contributed by atoms with E-state index in [1.807, 2.05) is 48.7 Å². The number of halogens is 1. The SMILES string of the molecule is COc1ccc(-n2c(C)cc(/C=C3\C(=O)NC(=S)N(c4ccccc4F)C3=O)c2C)cc1. The molecule has 3 aromatic rings. The lowest BCUT2D eigenvalue weighted by atomic mass is 10.1. The van der Waals surface area contributed by atoms with Gasteiger partial charge in [-0.25, -0.2) is 9.29 Å². The number of carbonyl (C=O) groups is 2. The summed E-state index contributed by atoms with van der Waals surface area (Å²) in [4.78, 5) is 26.8. The second-order valence-electron chi connectivity index (χ2n) is 7.27. The third kappa shape index (κ3) is 3.69. The van der Waals surface area contributed by atoms with Crippen LogP contribution in [-0.2, 0) is 9.59 Å². The minimum Gasteiger partial charge on any atom is -0.497 e. The third-order valence-corrected chi connectivity index (χ3v) is 5.58.